The minimum absolute atomic E-state index is 0.0176. The van der Waals surface area contributed by atoms with Crippen molar-refractivity contribution in [3.05, 3.63) is 59.7 Å². The number of halogens is 2. The summed E-state index contributed by atoms with van der Waals surface area (Å²) >= 11 is 0. The number of nitrogens with one attached hydrogen (secondary N) is 1. The van der Waals surface area contributed by atoms with E-state index in [4.69, 9.17) is 0 Å². The number of carbonyl (C=O) groups is 1. The number of sulfonamides is 1. The number of likely N-dealkylation sites (tertiary alicyclic amines) is 1. The lowest BCUT2D eigenvalue weighted by molar-refractivity contribution is -0.132. The van der Waals surface area contributed by atoms with Gasteiger partial charge in [-0.3, -0.25) is 4.79 Å². The SMILES string of the molecule is CS(=O)(=O)N[C@H]1CCCCN(C(=O)[C@@H]2C[C@H]2c2ccccc2-c2c(F)cccc2F)C1. The van der Waals surface area contributed by atoms with Crippen molar-refractivity contribution in [2.24, 2.45) is 5.92 Å². The van der Waals surface area contributed by atoms with Crippen LogP contribution in [0.25, 0.3) is 11.1 Å². The predicted octanol–water partition coefficient (Wildman–Crippen LogP) is 3.67. The Morgan fingerprint density at radius 1 is 1.06 bits per heavy atom. The molecule has 4 rings (SSSR count). The van der Waals surface area contributed by atoms with Crippen LogP contribution in [0.1, 0.15) is 37.2 Å². The Balaban J connectivity index is 1.53. The largest absolute Gasteiger partial charge is 0.341 e. The fourth-order valence-corrected chi connectivity index (χ4v) is 5.39. The lowest BCUT2D eigenvalue weighted by atomic mass is 9.95. The van der Waals surface area contributed by atoms with Crippen molar-refractivity contribution in [2.45, 2.75) is 37.6 Å². The van der Waals surface area contributed by atoms with Crippen molar-refractivity contribution in [3.8, 4) is 11.1 Å². The lowest BCUT2D eigenvalue weighted by Crippen LogP contribution is -2.44. The normalized spacial score (nSPS) is 24.0. The summed E-state index contributed by atoms with van der Waals surface area (Å²) in [6.45, 7) is 0.937. The van der Waals surface area contributed by atoms with E-state index >= 15 is 0 Å². The summed E-state index contributed by atoms with van der Waals surface area (Å²) in [5.41, 5.74) is 1.18. The molecule has 1 amide bonds. The highest BCUT2D eigenvalue weighted by atomic mass is 32.2. The molecule has 1 saturated carbocycles. The predicted molar refractivity (Wildman–Crippen MR) is 115 cm³/mol. The second-order valence-electron chi connectivity index (χ2n) is 8.50. The molecule has 0 unspecified atom stereocenters. The maximum absolute atomic E-state index is 14.4. The Bertz CT molecular complexity index is 1070. The number of benzene rings is 2. The van der Waals surface area contributed by atoms with Gasteiger partial charge in [-0.05, 0) is 48.4 Å². The fourth-order valence-electron chi connectivity index (χ4n) is 4.59. The van der Waals surface area contributed by atoms with Crippen LogP contribution >= 0.6 is 0 Å². The molecule has 0 spiro atoms. The maximum Gasteiger partial charge on any atom is 0.226 e. The van der Waals surface area contributed by atoms with Crippen LogP contribution in [0.3, 0.4) is 0 Å². The van der Waals surface area contributed by atoms with E-state index in [2.05, 4.69) is 4.72 Å². The van der Waals surface area contributed by atoms with Crippen LogP contribution in [-0.2, 0) is 14.8 Å². The number of carbonyl (C=O) groups excluding carboxylic acids is 1. The molecule has 8 heteroatoms. The van der Waals surface area contributed by atoms with Crippen molar-refractivity contribution < 1.29 is 22.0 Å². The summed E-state index contributed by atoms with van der Waals surface area (Å²) in [7, 11) is -3.35. The monoisotopic (exact) mass is 448 g/mol. The van der Waals surface area contributed by atoms with Crippen LogP contribution < -0.4 is 4.72 Å². The molecule has 1 saturated heterocycles. The van der Waals surface area contributed by atoms with E-state index < -0.39 is 21.7 Å². The zero-order chi connectivity index (χ0) is 22.2. The van der Waals surface area contributed by atoms with E-state index in [0.29, 0.717) is 31.5 Å². The first-order chi connectivity index (χ1) is 14.7. The molecule has 0 bridgehead atoms. The van der Waals surface area contributed by atoms with Crippen molar-refractivity contribution in [3.63, 3.8) is 0 Å². The van der Waals surface area contributed by atoms with Crippen LogP contribution in [0.4, 0.5) is 8.78 Å². The molecule has 0 radical (unpaired) electrons. The van der Waals surface area contributed by atoms with Crippen LogP contribution in [0, 0.1) is 17.6 Å². The topological polar surface area (TPSA) is 66.5 Å². The van der Waals surface area contributed by atoms with Gasteiger partial charge in [-0.2, -0.15) is 0 Å². The summed E-state index contributed by atoms with van der Waals surface area (Å²) in [4.78, 5) is 14.9. The van der Waals surface area contributed by atoms with E-state index in [1.807, 2.05) is 12.1 Å². The van der Waals surface area contributed by atoms with Gasteiger partial charge in [0.05, 0.1) is 11.8 Å². The molecule has 1 heterocycles. The number of hydrogen-bond acceptors (Lipinski definition) is 3. The molecule has 2 aliphatic rings. The molecule has 1 N–H and O–H groups in total. The van der Waals surface area contributed by atoms with E-state index in [1.54, 1.807) is 17.0 Å². The first-order valence-electron chi connectivity index (χ1n) is 10.5. The summed E-state index contributed by atoms with van der Waals surface area (Å²) in [5, 5.41) is 0. The van der Waals surface area contributed by atoms with E-state index in [0.717, 1.165) is 24.7 Å². The summed E-state index contributed by atoms with van der Waals surface area (Å²) < 4.78 is 54.7. The van der Waals surface area contributed by atoms with Gasteiger partial charge in [0.25, 0.3) is 0 Å². The number of amides is 1. The van der Waals surface area contributed by atoms with E-state index in [9.17, 15) is 22.0 Å². The van der Waals surface area contributed by atoms with Gasteiger partial charge in [-0.1, -0.05) is 36.8 Å². The second kappa shape index (κ2) is 8.67. The number of hydrogen-bond donors (Lipinski definition) is 1. The van der Waals surface area contributed by atoms with Crippen molar-refractivity contribution >= 4 is 15.9 Å². The molecule has 0 aromatic heterocycles. The van der Waals surface area contributed by atoms with Crippen molar-refractivity contribution in [1.82, 2.24) is 9.62 Å². The summed E-state index contributed by atoms with van der Waals surface area (Å²) in [5.74, 6) is -1.63. The Kier molecular flexibility index (Phi) is 6.12. The third-order valence-corrected chi connectivity index (χ3v) is 6.83. The van der Waals surface area contributed by atoms with Crippen LogP contribution in [0.2, 0.25) is 0 Å². The number of rotatable bonds is 5. The zero-order valence-electron chi connectivity index (χ0n) is 17.4. The van der Waals surface area contributed by atoms with Crippen LogP contribution in [0.5, 0.6) is 0 Å². The third kappa shape index (κ3) is 4.96. The first-order valence-corrected chi connectivity index (χ1v) is 12.4. The van der Waals surface area contributed by atoms with Gasteiger partial charge in [0, 0.05) is 25.0 Å². The smallest absolute Gasteiger partial charge is 0.226 e. The molecule has 5 nitrogen and oxygen atoms in total. The molecular weight excluding hydrogens is 422 g/mol. The molecule has 2 fully saturated rings. The van der Waals surface area contributed by atoms with Gasteiger partial charge in [-0.15, -0.1) is 0 Å². The molecule has 1 aliphatic heterocycles. The average molecular weight is 449 g/mol. The molecule has 31 heavy (non-hydrogen) atoms. The highest BCUT2D eigenvalue weighted by Gasteiger charge is 2.47. The highest BCUT2D eigenvalue weighted by Crippen LogP contribution is 2.51. The summed E-state index contributed by atoms with van der Waals surface area (Å²) in [6, 6.07) is 10.6. The first kappa shape index (κ1) is 21.9. The Hall–Kier alpha value is -2.32. The van der Waals surface area contributed by atoms with E-state index in [1.165, 1.54) is 18.2 Å². The molecule has 3 atom stereocenters. The van der Waals surface area contributed by atoms with Crippen LogP contribution in [-0.4, -0.2) is 44.6 Å². The Morgan fingerprint density at radius 3 is 2.48 bits per heavy atom. The van der Waals surface area contributed by atoms with Crippen molar-refractivity contribution in [2.75, 3.05) is 19.3 Å². The Morgan fingerprint density at radius 2 is 1.77 bits per heavy atom. The minimum Gasteiger partial charge on any atom is -0.341 e. The van der Waals surface area contributed by atoms with Gasteiger partial charge >= 0.3 is 0 Å². The van der Waals surface area contributed by atoms with Crippen LogP contribution in [0.15, 0.2) is 42.5 Å². The van der Waals surface area contributed by atoms with Gasteiger partial charge in [0.1, 0.15) is 11.6 Å². The summed E-state index contributed by atoms with van der Waals surface area (Å²) in [6.07, 6.45) is 4.11. The minimum atomic E-state index is -3.35. The highest BCUT2D eigenvalue weighted by molar-refractivity contribution is 7.88. The fraction of sp³-hybridized carbons (Fsp3) is 0.435. The standard InChI is InChI=1S/C23H26F2N2O3S/c1-31(29,30)26-15-7-4-5-12-27(14-15)23(28)19-13-18(19)16-8-2-3-9-17(16)22-20(24)10-6-11-21(22)25/h2-3,6,8-11,15,18-19,26H,4-5,7,12-14H2,1H3/t15-,18-,19+/m0/s1. The van der Waals surface area contributed by atoms with Crippen molar-refractivity contribution in [1.29, 1.82) is 0 Å². The number of nitrogens with zero attached hydrogens (tertiary/aromatic N) is 1. The van der Waals surface area contributed by atoms with Gasteiger partial charge < -0.3 is 4.90 Å². The Labute approximate surface area is 181 Å². The quantitative estimate of drug-likeness (QED) is 0.759. The molecule has 1 aliphatic carbocycles. The maximum atomic E-state index is 14.4. The molecule has 2 aromatic carbocycles. The van der Waals surface area contributed by atoms with E-state index in [-0.39, 0.29) is 29.3 Å². The second-order valence-corrected chi connectivity index (χ2v) is 10.3. The molecule has 2 aromatic rings. The van der Waals surface area contributed by atoms with Gasteiger partial charge in [0.2, 0.25) is 15.9 Å². The third-order valence-electron chi connectivity index (χ3n) is 6.06. The molecule has 166 valence electrons. The molecular formula is C23H26F2N2O3S. The van der Waals surface area contributed by atoms with Gasteiger partial charge in [0.15, 0.2) is 0 Å². The zero-order valence-corrected chi connectivity index (χ0v) is 18.2. The van der Waals surface area contributed by atoms with Gasteiger partial charge in [-0.25, -0.2) is 21.9 Å². The average Bonchev–Trinajstić information content (AvgIpc) is 3.51. The lowest BCUT2D eigenvalue weighted by Gasteiger charge is -2.25.